The van der Waals surface area contributed by atoms with Gasteiger partial charge in [-0.3, -0.25) is 9.69 Å². The fourth-order valence-electron chi connectivity index (χ4n) is 2.39. The minimum absolute atomic E-state index is 0.223. The number of alkyl halides is 1. The van der Waals surface area contributed by atoms with E-state index < -0.39 is 0 Å². The van der Waals surface area contributed by atoms with E-state index in [4.69, 9.17) is 4.74 Å². The van der Waals surface area contributed by atoms with E-state index in [1.54, 1.807) is 0 Å². The molecule has 1 unspecified atom stereocenters. The highest BCUT2D eigenvalue weighted by atomic mass is 127. The third-order valence-electron chi connectivity index (χ3n) is 3.47. The Morgan fingerprint density at radius 3 is 2.56 bits per heavy atom. The van der Waals surface area contributed by atoms with Crippen LogP contribution in [0.5, 0.6) is 0 Å². The first-order chi connectivity index (χ1) is 8.85. The number of hydrogen-bond acceptors (Lipinski definition) is 3. The smallest absolute Gasteiger partial charge is 0.294 e. The highest BCUT2D eigenvalue weighted by Gasteiger charge is 2.26. The molecular formula is C14H18INO2. The van der Waals surface area contributed by atoms with Crippen LogP contribution in [0.2, 0.25) is 0 Å². The molecule has 1 aliphatic heterocycles. The molecular weight excluding hydrogens is 341 g/mol. The van der Waals surface area contributed by atoms with Crippen molar-refractivity contribution in [3.63, 3.8) is 0 Å². The molecule has 1 fully saturated rings. The van der Waals surface area contributed by atoms with E-state index in [0.29, 0.717) is 6.47 Å². The summed E-state index contributed by atoms with van der Waals surface area (Å²) < 4.78 is 6.50. The van der Waals surface area contributed by atoms with Gasteiger partial charge in [0.15, 0.2) is 6.23 Å². The number of rotatable bonds is 5. The molecule has 1 aromatic carbocycles. The van der Waals surface area contributed by atoms with Gasteiger partial charge in [0.2, 0.25) is 0 Å². The first-order valence-electron chi connectivity index (χ1n) is 6.29. The van der Waals surface area contributed by atoms with Crippen molar-refractivity contribution in [1.82, 2.24) is 4.90 Å². The summed E-state index contributed by atoms with van der Waals surface area (Å²) in [5, 5.41) is 0. The normalized spacial score (nSPS) is 19.4. The van der Waals surface area contributed by atoms with Crippen molar-refractivity contribution < 1.29 is 9.53 Å². The summed E-state index contributed by atoms with van der Waals surface area (Å²) in [5.41, 5.74) is 1.05. The minimum atomic E-state index is -0.223. The predicted octanol–water partition coefficient (Wildman–Crippen LogP) is 3.01. The SMILES string of the molecule is O=COC(c1ccccc1)N1CCC(CI)CC1. The number of piperidine rings is 1. The molecule has 0 bridgehead atoms. The molecule has 2 rings (SSSR count). The number of benzene rings is 1. The monoisotopic (exact) mass is 359 g/mol. The topological polar surface area (TPSA) is 29.5 Å². The minimum Gasteiger partial charge on any atom is -0.444 e. The standard InChI is InChI=1S/C14H18INO2/c15-10-12-6-8-16(9-7-12)14(18-11-17)13-4-2-1-3-5-13/h1-5,11-12,14H,6-10H2. The third-order valence-corrected chi connectivity index (χ3v) is 4.71. The van der Waals surface area contributed by atoms with Crippen LogP contribution in [0, 0.1) is 5.92 Å². The summed E-state index contributed by atoms with van der Waals surface area (Å²) >= 11 is 2.45. The number of nitrogens with zero attached hydrogens (tertiary/aromatic N) is 1. The molecule has 3 nitrogen and oxygen atoms in total. The molecule has 1 saturated heterocycles. The summed E-state index contributed by atoms with van der Waals surface area (Å²) in [7, 11) is 0. The van der Waals surface area contributed by atoms with E-state index in [-0.39, 0.29) is 6.23 Å². The van der Waals surface area contributed by atoms with E-state index in [9.17, 15) is 4.79 Å². The van der Waals surface area contributed by atoms with Gasteiger partial charge in [-0.1, -0.05) is 52.9 Å². The summed E-state index contributed by atoms with van der Waals surface area (Å²) in [4.78, 5) is 13.0. The van der Waals surface area contributed by atoms with Gasteiger partial charge in [0, 0.05) is 23.1 Å². The summed E-state index contributed by atoms with van der Waals surface area (Å²) in [6, 6.07) is 9.96. The molecule has 4 heteroatoms. The number of carbonyl (C=O) groups is 1. The molecule has 0 amide bonds. The maximum absolute atomic E-state index is 10.7. The Kier molecular flexibility index (Phi) is 5.44. The average molecular weight is 359 g/mol. The maximum Gasteiger partial charge on any atom is 0.294 e. The Labute approximate surface area is 122 Å². The Hall–Kier alpha value is -0.620. The van der Waals surface area contributed by atoms with Crippen molar-refractivity contribution >= 4 is 29.1 Å². The molecule has 0 radical (unpaired) electrons. The van der Waals surface area contributed by atoms with Gasteiger partial charge in [0.25, 0.3) is 6.47 Å². The quantitative estimate of drug-likeness (QED) is 0.460. The number of halogens is 1. The highest BCUT2D eigenvalue weighted by molar-refractivity contribution is 14.1. The van der Waals surface area contributed by atoms with E-state index in [0.717, 1.165) is 24.6 Å². The van der Waals surface area contributed by atoms with Crippen molar-refractivity contribution in [1.29, 1.82) is 0 Å². The fraction of sp³-hybridized carbons (Fsp3) is 0.500. The Morgan fingerprint density at radius 1 is 1.33 bits per heavy atom. The lowest BCUT2D eigenvalue weighted by Gasteiger charge is -2.36. The molecule has 98 valence electrons. The van der Waals surface area contributed by atoms with Crippen molar-refractivity contribution in [2.24, 2.45) is 5.92 Å². The van der Waals surface area contributed by atoms with Crippen LogP contribution in [-0.2, 0) is 9.53 Å². The van der Waals surface area contributed by atoms with Gasteiger partial charge >= 0.3 is 0 Å². The van der Waals surface area contributed by atoms with Crippen LogP contribution in [0.1, 0.15) is 24.6 Å². The number of ether oxygens (including phenoxy) is 1. The molecule has 0 saturated carbocycles. The zero-order chi connectivity index (χ0) is 12.8. The van der Waals surface area contributed by atoms with Gasteiger partial charge in [-0.05, 0) is 18.8 Å². The van der Waals surface area contributed by atoms with Crippen LogP contribution in [0.25, 0.3) is 0 Å². The maximum atomic E-state index is 10.7. The molecule has 0 spiro atoms. The lowest BCUT2D eigenvalue weighted by Crippen LogP contribution is -2.38. The second-order valence-electron chi connectivity index (χ2n) is 4.63. The Morgan fingerprint density at radius 2 is 2.00 bits per heavy atom. The van der Waals surface area contributed by atoms with Gasteiger partial charge in [-0.2, -0.15) is 0 Å². The number of likely N-dealkylation sites (tertiary alicyclic amines) is 1. The number of hydrogen-bond donors (Lipinski definition) is 0. The Bertz CT molecular complexity index is 363. The van der Waals surface area contributed by atoms with Crippen molar-refractivity contribution in [3.05, 3.63) is 35.9 Å². The predicted molar refractivity (Wildman–Crippen MR) is 79.5 cm³/mol. The summed E-state index contributed by atoms with van der Waals surface area (Å²) in [5.74, 6) is 0.814. The van der Waals surface area contributed by atoms with Crippen molar-refractivity contribution in [2.45, 2.75) is 19.1 Å². The van der Waals surface area contributed by atoms with Crippen LogP contribution >= 0.6 is 22.6 Å². The second-order valence-corrected chi connectivity index (χ2v) is 5.51. The van der Waals surface area contributed by atoms with E-state index in [2.05, 4.69) is 27.5 Å². The van der Waals surface area contributed by atoms with Crippen LogP contribution in [-0.4, -0.2) is 28.9 Å². The summed E-state index contributed by atoms with van der Waals surface area (Å²) in [6.45, 7) is 2.56. The molecule has 0 aliphatic carbocycles. The average Bonchev–Trinajstić information content (AvgIpc) is 2.46. The van der Waals surface area contributed by atoms with Gasteiger partial charge in [0.05, 0.1) is 0 Å². The summed E-state index contributed by atoms with van der Waals surface area (Å²) in [6.07, 6.45) is 2.15. The first-order valence-corrected chi connectivity index (χ1v) is 7.81. The zero-order valence-electron chi connectivity index (χ0n) is 10.3. The fourth-order valence-corrected chi connectivity index (χ4v) is 3.27. The van der Waals surface area contributed by atoms with E-state index in [1.165, 1.54) is 17.3 Å². The Balaban J connectivity index is 2.05. The molecule has 18 heavy (non-hydrogen) atoms. The lowest BCUT2D eigenvalue weighted by atomic mass is 9.98. The zero-order valence-corrected chi connectivity index (χ0v) is 12.5. The van der Waals surface area contributed by atoms with Gasteiger partial charge < -0.3 is 4.74 Å². The van der Waals surface area contributed by atoms with Crippen LogP contribution in [0.15, 0.2) is 30.3 Å². The van der Waals surface area contributed by atoms with Gasteiger partial charge in [-0.15, -0.1) is 0 Å². The highest BCUT2D eigenvalue weighted by Crippen LogP contribution is 2.28. The van der Waals surface area contributed by atoms with Crippen LogP contribution < -0.4 is 0 Å². The van der Waals surface area contributed by atoms with Gasteiger partial charge in [-0.25, -0.2) is 0 Å². The lowest BCUT2D eigenvalue weighted by molar-refractivity contribution is -0.145. The molecule has 0 N–H and O–H groups in total. The van der Waals surface area contributed by atoms with E-state index >= 15 is 0 Å². The molecule has 0 aromatic heterocycles. The van der Waals surface area contributed by atoms with Crippen LogP contribution in [0.4, 0.5) is 0 Å². The molecule has 1 heterocycles. The molecule has 1 aromatic rings. The molecule has 1 atom stereocenters. The third kappa shape index (κ3) is 3.45. The largest absolute Gasteiger partial charge is 0.444 e. The molecule has 1 aliphatic rings. The number of carbonyl (C=O) groups excluding carboxylic acids is 1. The first kappa shape index (κ1) is 13.8. The second kappa shape index (κ2) is 7.09. The van der Waals surface area contributed by atoms with E-state index in [1.807, 2.05) is 30.3 Å². The van der Waals surface area contributed by atoms with Crippen molar-refractivity contribution in [2.75, 3.05) is 17.5 Å². The van der Waals surface area contributed by atoms with Crippen LogP contribution in [0.3, 0.4) is 0 Å². The van der Waals surface area contributed by atoms with Crippen molar-refractivity contribution in [3.8, 4) is 0 Å². The van der Waals surface area contributed by atoms with Gasteiger partial charge in [0.1, 0.15) is 0 Å².